The summed E-state index contributed by atoms with van der Waals surface area (Å²) in [4.78, 5) is 23.4. The molecule has 0 saturated heterocycles. The SMILES string of the molecule is CCOc1ccc(NS(=O)(=O)c2ccc(OCC(=O)Nc3cccc(NC(C)=O)c3)cc2)cc1. The minimum Gasteiger partial charge on any atom is -0.494 e. The second kappa shape index (κ2) is 11.2. The van der Waals surface area contributed by atoms with Gasteiger partial charge in [0, 0.05) is 24.0 Å². The first kappa shape index (κ1) is 24.6. The van der Waals surface area contributed by atoms with E-state index >= 15 is 0 Å². The number of amides is 2. The molecule has 0 bridgehead atoms. The van der Waals surface area contributed by atoms with Crippen LogP contribution in [0.25, 0.3) is 0 Å². The zero-order valence-electron chi connectivity index (χ0n) is 18.7. The minimum atomic E-state index is -3.80. The third kappa shape index (κ3) is 7.24. The molecule has 0 unspecified atom stereocenters. The van der Waals surface area contributed by atoms with Crippen molar-refractivity contribution in [3.05, 3.63) is 72.8 Å². The Bertz CT molecular complexity index is 1240. The van der Waals surface area contributed by atoms with Crippen molar-refractivity contribution in [1.82, 2.24) is 0 Å². The number of hydrogen-bond acceptors (Lipinski definition) is 6. The zero-order valence-corrected chi connectivity index (χ0v) is 19.5. The van der Waals surface area contributed by atoms with Crippen LogP contribution in [-0.4, -0.2) is 33.4 Å². The molecule has 3 aromatic carbocycles. The number of rotatable bonds is 10. The third-order valence-electron chi connectivity index (χ3n) is 4.39. The minimum absolute atomic E-state index is 0.0490. The van der Waals surface area contributed by atoms with E-state index in [1.54, 1.807) is 48.5 Å². The van der Waals surface area contributed by atoms with Gasteiger partial charge < -0.3 is 20.1 Å². The fourth-order valence-corrected chi connectivity index (χ4v) is 4.00. The number of carbonyl (C=O) groups is 2. The second-order valence-electron chi connectivity index (χ2n) is 7.13. The van der Waals surface area contributed by atoms with E-state index in [1.807, 2.05) is 6.92 Å². The van der Waals surface area contributed by atoms with Crippen molar-refractivity contribution >= 4 is 38.9 Å². The summed E-state index contributed by atoms with van der Waals surface area (Å²) in [7, 11) is -3.80. The monoisotopic (exact) mass is 483 g/mol. The summed E-state index contributed by atoms with van der Waals surface area (Å²) in [6, 6.07) is 19.0. The molecule has 2 amide bonds. The first-order chi connectivity index (χ1) is 16.2. The van der Waals surface area contributed by atoms with Gasteiger partial charge in [-0.3, -0.25) is 14.3 Å². The number of anilines is 3. The predicted octanol–water partition coefficient (Wildman–Crippen LogP) is 3.86. The Balaban J connectivity index is 1.54. The van der Waals surface area contributed by atoms with E-state index in [4.69, 9.17) is 9.47 Å². The molecule has 0 aliphatic carbocycles. The van der Waals surface area contributed by atoms with E-state index in [0.717, 1.165) is 0 Å². The Morgan fingerprint density at radius 1 is 0.794 bits per heavy atom. The summed E-state index contributed by atoms with van der Waals surface area (Å²) in [5.41, 5.74) is 1.46. The zero-order chi connectivity index (χ0) is 24.6. The molecule has 0 spiro atoms. The van der Waals surface area contributed by atoms with Crippen LogP contribution in [-0.2, 0) is 19.6 Å². The number of sulfonamides is 1. The number of hydrogen-bond donors (Lipinski definition) is 3. The van der Waals surface area contributed by atoms with E-state index in [9.17, 15) is 18.0 Å². The topological polar surface area (TPSA) is 123 Å². The molecule has 0 atom stereocenters. The molecule has 3 rings (SSSR count). The van der Waals surface area contributed by atoms with Gasteiger partial charge in [0.15, 0.2) is 6.61 Å². The lowest BCUT2D eigenvalue weighted by Gasteiger charge is -2.11. The number of benzene rings is 3. The number of ether oxygens (including phenoxy) is 2. The fraction of sp³-hybridized carbons (Fsp3) is 0.167. The molecule has 3 N–H and O–H groups in total. The van der Waals surface area contributed by atoms with Gasteiger partial charge >= 0.3 is 0 Å². The molecule has 0 saturated carbocycles. The molecular formula is C24H25N3O6S. The summed E-state index contributed by atoms with van der Waals surface area (Å²) in [6.45, 7) is 3.50. The van der Waals surface area contributed by atoms with E-state index in [-0.39, 0.29) is 17.4 Å². The molecule has 0 radical (unpaired) electrons. The highest BCUT2D eigenvalue weighted by Gasteiger charge is 2.14. The summed E-state index contributed by atoms with van der Waals surface area (Å²) < 4.78 is 38.5. The van der Waals surface area contributed by atoms with Crippen LogP contribution in [0, 0.1) is 0 Å². The molecule has 34 heavy (non-hydrogen) atoms. The lowest BCUT2D eigenvalue weighted by Crippen LogP contribution is -2.20. The number of nitrogens with one attached hydrogen (secondary N) is 3. The molecule has 10 heteroatoms. The number of carbonyl (C=O) groups excluding carboxylic acids is 2. The highest BCUT2D eigenvalue weighted by atomic mass is 32.2. The van der Waals surface area contributed by atoms with Gasteiger partial charge in [-0.1, -0.05) is 6.07 Å². The maximum atomic E-state index is 12.6. The predicted molar refractivity (Wildman–Crippen MR) is 130 cm³/mol. The van der Waals surface area contributed by atoms with Gasteiger partial charge in [-0.2, -0.15) is 0 Å². The standard InChI is InChI=1S/C24H25N3O6S/c1-3-32-21-9-7-18(8-10-21)27-34(30,31)23-13-11-22(12-14-23)33-16-24(29)26-20-6-4-5-19(15-20)25-17(2)28/h4-15,27H,3,16H2,1-2H3,(H,25,28)(H,26,29). The first-order valence-corrected chi connectivity index (χ1v) is 11.9. The van der Waals surface area contributed by atoms with Crippen molar-refractivity contribution in [2.75, 3.05) is 28.6 Å². The van der Waals surface area contributed by atoms with Crippen LogP contribution in [0.2, 0.25) is 0 Å². The molecule has 0 aliphatic heterocycles. The highest BCUT2D eigenvalue weighted by Crippen LogP contribution is 2.21. The van der Waals surface area contributed by atoms with E-state index in [1.165, 1.54) is 31.2 Å². The molecule has 0 aromatic heterocycles. The maximum absolute atomic E-state index is 12.6. The van der Waals surface area contributed by atoms with E-state index in [0.29, 0.717) is 35.2 Å². The average molecular weight is 484 g/mol. The Hall–Kier alpha value is -4.05. The van der Waals surface area contributed by atoms with Crippen LogP contribution < -0.4 is 24.8 Å². The van der Waals surface area contributed by atoms with Gasteiger partial charge in [0.25, 0.3) is 15.9 Å². The summed E-state index contributed by atoms with van der Waals surface area (Å²) >= 11 is 0. The molecule has 0 fully saturated rings. The van der Waals surface area contributed by atoms with Crippen molar-refractivity contribution in [2.45, 2.75) is 18.7 Å². The van der Waals surface area contributed by atoms with Crippen molar-refractivity contribution < 1.29 is 27.5 Å². The van der Waals surface area contributed by atoms with Gasteiger partial charge in [-0.25, -0.2) is 8.42 Å². The van der Waals surface area contributed by atoms with Crippen molar-refractivity contribution in [3.63, 3.8) is 0 Å². The normalized spacial score (nSPS) is 10.8. The summed E-state index contributed by atoms with van der Waals surface area (Å²) in [5.74, 6) is 0.361. The van der Waals surface area contributed by atoms with E-state index in [2.05, 4.69) is 15.4 Å². The van der Waals surface area contributed by atoms with Gasteiger partial charge in [-0.05, 0) is 73.7 Å². The van der Waals surface area contributed by atoms with Crippen LogP contribution in [0.1, 0.15) is 13.8 Å². The Morgan fingerprint density at radius 2 is 1.38 bits per heavy atom. The molecule has 3 aromatic rings. The first-order valence-electron chi connectivity index (χ1n) is 10.4. The molecule has 0 heterocycles. The summed E-state index contributed by atoms with van der Waals surface area (Å²) in [5, 5.41) is 5.31. The van der Waals surface area contributed by atoms with Crippen LogP contribution in [0.5, 0.6) is 11.5 Å². The fourth-order valence-electron chi connectivity index (χ4n) is 2.94. The third-order valence-corrected chi connectivity index (χ3v) is 5.79. The second-order valence-corrected chi connectivity index (χ2v) is 8.82. The Labute approximate surface area is 198 Å². The Morgan fingerprint density at radius 3 is 2.00 bits per heavy atom. The quantitative estimate of drug-likeness (QED) is 0.402. The van der Waals surface area contributed by atoms with E-state index < -0.39 is 15.9 Å². The van der Waals surface area contributed by atoms with Gasteiger partial charge in [0.1, 0.15) is 11.5 Å². The van der Waals surface area contributed by atoms with Crippen LogP contribution in [0.4, 0.5) is 17.1 Å². The molecular weight excluding hydrogens is 458 g/mol. The van der Waals surface area contributed by atoms with Crippen molar-refractivity contribution in [2.24, 2.45) is 0 Å². The van der Waals surface area contributed by atoms with Gasteiger partial charge in [-0.15, -0.1) is 0 Å². The maximum Gasteiger partial charge on any atom is 0.262 e. The average Bonchev–Trinajstić information content (AvgIpc) is 2.79. The van der Waals surface area contributed by atoms with Crippen LogP contribution >= 0.6 is 0 Å². The smallest absolute Gasteiger partial charge is 0.262 e. The lowest BCUT2D eigenvalue weighted by molar-refractivity contribution is -0.118. The lowest BCUT2D eigenvalue weighted by atomic mass is 10.2. The largest absolute Gasteiger partial charge is 0.494 e. The van der Waals surface area contributed by atoms with Crippen LogP contribution in [0.15, 0.2) is 77.7 Å². The highest BCUT2D eigenvalue weighted by molar-refractivity contribution is 7.92. The van der Waals surface area contributed by atoms with Crippen LogP contribution in [0.3, 0.4) is 0 Å². The van der Waals surface area contributed by atoms with Crippen molar-refractivity contribution in [3.8, 4) is 11.5 Å². The Kier molecular flexibility index (Phi) is 8.10. The van der Waals surface area contributed by atoms with Gasteiger partial charge in [0.2, 0.25) is 5.91 Å². The summed E-state index contributed by atoms with van der Waals surface area (Å²) in [6.07, 6.45) is 0. The molecule has 9 nitrogen and oxygen atoms in total. The van der Waals surface area contributed by atoms with Crippen molar-refractivity contribution in [1.29, 1.82) is 0 Å². The molecule has 178 valence electrons. The molecule has 0 aliphatic rings. The van der Waals surface area contributed by atoms with Gasteiger partial charge in [0.05, 0.1) is 11.5 Å².